The van der Waals surface area contributed by atoms with E-state index in [1.54, 1.807) is 0 Å². The first kappa shape index (κ1) is 26.0. The summed E-state index contributed by atoms with van der Waals surface area (Å²) in [5, 5.41) is 5.40. The molecule has 10 heteroatoms. The average molecular weight is 500 g/mol. The summed E-state index contributed by atoms with van der Waals surface area (Å²) in [7, 11) is -2.24. The molecule has 0 aliphatic heterocycles. The first-order chi connectivity index (χ1) is 16.8. The van der Waals surface area contributed by atoms with E-state index in [0.29, 0.717) is 5.69 Å². The van der Waals surface area contributed by atoms with E-state index in [4.69, 9.17) is 4.74 Å². The summed E-state index contributed by atoms with van der Waals surface area (Å²) in [5.41, 5.74) is 1.41. The van der Waals surface area contributed by atoms with Crippen LogP contribution in [-0.4, -0.2) is 46.5 Å². The van der Waals surface area contributed by atoms with E-state index in [9.17, 15) is 22.4 Å². The van der Waals surface area contributed by atoms with Crippen LogP contribution in [-0.2, 0) is 26.0 Å². The fourth-order valence-corrected chi connectivity index (χ4v) is 4.22. The van der Waals surface area contributed by atoms with Gasteiger partial charge in [-0.05, 0) is 54.1 Å². The molecule has 0 fully saturated rings. The van der Waals surface area contributed by atoms with Crippen molar-refractivity contribution in [3.63, 3.8) is 0 Å². The number of amides is 2. The van der Waals surface area contributed by atoms with Crippen LogP contribution < -0.4 is 15.4 Å². The molecule has 1 atom stereocenters. The van der Waals surface area contributed by atoms with Gasteiger partial charge >= 0.3 is 0 Å². The predicted molar refractivity (Wildman–Crippen MR) is 130 cm³/mol. The Hall–Kier alpha value is -3.60. The van der Waals surface area contributed by atoms with Crippen LogP contribution in [0.15, 0.2) is 83.8 Å². The molecule has 35 heavy (non-hydrogen) atoms. The lowest BCUT2D eigenvalue weighted by Crippen LogP contribution is -2.45. The molecule has 0 heterocycles. The topological polar surface area (TPSA) is 114 Å². The number of carbonyl (C=O) groups excluding carboxylic acids is 2. The number of benzene rings is 3. The molecule has 0 saturated heterocycles. The minimum atomic E-state index is -3.71. The highest BCUT2D eigenvalue weighted by molar-refractivity contribution is 7.89. The number of methoxy groups -OCH3 is 1. The number of sulfonamides is 1. The Labute approximate surface area is 203 Å². The van der Waals surface area contributed by atoms with Crippen molar-refractivity contribution in [2.75, 3.05) is 25.6 Å². The Bertz CT molecular complexity index is 1230. The first-order valence-electron chi connectivity index (χ1n) is 10.8. The summed E-state index contributed by atoms with van der Waals surface area (Å²) in [4.78, 5) is 25.8. The number of anilines is 1. The lowest BCUT2D eigenvalue weighted by molar-refractivity contribution is -0.118. The Morgan fingerprint density at radius 2 is 1.60 bits per heavy atom. The van der Waals surface area contributed by atoms with Crippen LogP contribution in [0.3, 0.4) is 0 Å². The van der Waals surface area contributed by atoms with E-state index in [2.05, 4.69) is 15.4 Å². The summed E-state index contributed by atoms with van der Waals surface area (Å²) in [5.74, 6) is -1.48. The Morgan fingerprint density at radius 3 is 2.23 bits per heavy atom. The SMILES string of the molecule is COCCNS(=O)(=O)c1ccc(NC(=O)[C@H](Cc2ccccc2)NC(=O)c2ccc(F)cc2)cc1. The molecule has 3 aromatic rings. The van der Waals surface area contributed by atoms with Gasteiger partial charge in [-0.2, -0.15) is 0 Å². The van der Waals surface area contributed by atoms with Crippen LogP contribution in [0, 0.1) is 5.82 Å². The van der Waals surface area contributed by atoms with Crippen molar-refractivity contribution >= 4 is 27.5 Å². The molecular weight excluding hydrogens is 473 g/mol. The zero-order valence-electron chi connectivity index (χ0n) is 19.0. The largest absolute Gasteiger partial charge is 0.383 e. The van der Waals surface area contributed by atoms with Gasteiger partial charge < -0.3 is 15.4 Å². The summed E-state index contributed by atoms with van der Waals surface area (Å²) < 4.78 is 45.1. The minimum absolute atomic E-state index is 0.0389. The van der Waals surface area contributed by atoms with Gasteiger partial charge in [0.05, 0.1) is 11.5 Å². The smallest absolute Gasteiger partial charge is 0.251 e. The minimum Gasteiger partial charge on any atom is -0.383 e. The number of nitrogens with one attached hydrogen (secondary N) is 3. The maximum absolute atomic E-state index is 13.2. The standard InChI is InChI=1S/C25H26FN3O5S/c1-34-16-15-27-35(32,33)22-13-11-21(12-14-22)28-25(31)23(17-18-5-3-2-4-6-18)29-24(30)19-7-9-20(26)10-8-19/h2-14,23,27H,15-17H2,1H3,(H,28,31)(H,29,30)/t23-/m0/s1. The van der Waals surface area contributed by atoms with Gasteiger partial charge in [0, 0.05) is 31.3 Å². The average Bonchev–Trinajstić information content (AvgIpc) is 2.85. The van der Waals surface area contributed by atoms with Crippen LogP contribution in [0.2, 0.25) is 0 Å². The third kappa shape index (κ3) is 7.71. The molecule has 3 rings (SSSR count). The van der Waals surface area contributed by atoms with E-state index in [0.717, 1.165) is 5.56 Å². The molecule has 0 spiro atoms. The second-order valence-corrected chi connectivity index (χ2v) is 9.39. The van der Waals surface area contributed by atoms with Gasteiger partial charge in [-0.25, -0.2) is 17.5 Å². The second-order valence-electron chi connectivity index (χ2n) is 7.63. The van der Waals surface area contributed by atoms with E-state index >= 15 is 0 Å². The van der Waals surface area contributed by atoms with Crippen LogP contribution in [0.5, 0.6) is 0 Å². The normalized spacial score (nSPS) is 12.1. The molecule has 3 aromatic carbocycles. The maximum atomic E-state index is 13.2. The molecule has 0 saturated carbocycles. The second kappa shape index (κ2) is 12.2. The lowest BCUT2D eigenvalue weighted by atomic mass is 10.0. The lowest BCUT2D eigenvalue weighted by Gasteiger charge is -2.19. The maximum Gasteiger partial charge on any atom is 0.251 e. The van der Waals surface area contributed by atoms with Crippen LogP contribution >= 0.6 is 0 Å². The van der Waals surface area contributed by atoms with Crippen molar-refractivity contribution < 1.29 is 27.1 Å². The summed E-state index contributed by atoms with van der Waals surface area (Å²) >= 11 is 0. The molecule has 0 bridgehead atoms. The molecule has 0 aliphatic carbocycles. The number of halogens is 1. The van der Waals surface area contributed by atoms with Crippen LogP contribution in [0.25, 0.3) is 0 Å². The van der Waals surface area contributed by atoms with Crippen LogP contribution in [0.1, 0.15) is 15.9 Å². The summed E-state index contributed by atoms with van der Waals surface area (Å²) in [6, 6.07) is 18.9. The van der Waals surface area contributed by atoms with Gasteiger partial charge in [0.15, 0.2) is 0 Å². The quantitative estimate of drug-likeness (QED) is 0.351. The van der Waals surface area contributed by atoms with Crippen molar-refractivity contribution in [2.24, 2.45) is 0 Å². The van der Waals surface area contributed by atoms with Crippen molar-refractivity contribution in [3.05, 3.63) is 95.8 Å². The first-order valence-corrected chi connectivity index (χ1v) is 12.3. The number of hydrogen-bond donors (Lipinski definition) is 3. The van der Waals surface area contributed by atoms with Gasteiger partial charge in [-0.15, -0.1) is 0 Å². The fourth-order valence-electron chi connectivity index (χ4n) is 3.21. The summed E-state index contributed by atoms with van der Waals surface area (Å²) in [6.07, 6.45) is 0.218. The number of rotatable bonds is 11. The fraction of sp³-hybridized carbons (Fsp3) is 0.200. The Morgan fingerprint density at radius 1 is 0.943 bits per heavy atom. The zero-order chi connectivity index (χ0) is 25.3. The Balaban J connectivity index is 1.73. The molecule has 3 N–H and O–H groups in total. The molecule has 0 unspecified atom stereocenters. The van der Waals surface area contributed by atoms with E-state index < -0.39 is 33.7 Å². The van der Waals surface area contributed by atoms with Crippen molar-refractivity contribution in [2.45, 2.75) is 17.4 Å². The Kier molecular flexibility index (Phi) is 9.07. The number of hydrogen-bond acceptors (Lipinski definition) is 5. The van der Waals surface area contributed by atoms with Gasteiger partial charge in [-0.1, -0.05) is 30.3 Å². The molecule has 0 aliphatic rings. The molecule has 8 nitrogen and oxygen atoms in total. The molecule has 0 radical (unpaired) electrons. The number of ether oxygens (including phenoxy) is 1. The van der Waals surface area contributed by atoms with Gasteiger partial charge in [0.2, 0.25) is 15.9 Å². The molecule has 184 valence electrons. The van der Waals surface area contributed by atoms with Crippen molar-refractivity contribution in [1.29, 1.82) is 0 Å². The van der Waals surface area contributed by atoms with E-state index in [1.165, 1.54) is 55.6 Å². The molecule has 0 aromatic heterocycles. The van der Waals surface area contributed by atoms with E-state index in [1.807, 2.05) is 30.3 Å². The van der Waals surface area contributed by atoms with Crippen LogP contribution in [0.4, 0.5) is 10.1 Å². The predicted octanol–water partition coefficient (Wildman–Crippen LogP) is 2.73. The third-order valence-corrected chi connectivity index (χ3v) is 6.52. The third-order valence-electron chi connectivity index (χ3n) is 5.04. The zero-order valence-corrected chi connectivity index (χ0v) is 19.8. The van der Waals surface area contributed by atoms with E-state index in [-0.39, 0.29) is 30.0 Å². The van der Waals surface area contributed by atoms with Gasteiger partial charge in [-0.3, -0.25) is 9.59 Å². The van der Waals surface area contributed by atoms with Crippen molar-refractivity contribution in [1.82, 2.24) is 10.0 Å². The summed E-state index contributed by atoms with van der Waals surface area (Å²) in [6.45, 7) is 0.367. The molecule has 2 amide bonds. The highest BCUT2D eigenvalue weighted by Crippen LogP contribution is 2.15. The molecular formula is C25H26FN3O5S. The monoisotopic (exact) mass is 499 g/mol. The number of carbonyl (C=O) groups is 2. The highest BCUT2D eigenvalue weighted by Gasteiger charge is 2.23. The van der Waals surface area contributed by atoms with Crippen molar-refractivity contribution in [3.8, 4) is 0 Å². The van der Waals surface area contributed by atoms with Gasteiger partial charge in [0.25, 0.3) is 5.91 Å². The highest BCUT2D eigenvalue weighted by atomic mass is 32.2. The van der Waals surface area contributed by atoms with Gasteiger partial charge in [0.1, 0.15) is 11.9 Å².